The van der Waals surface area contributed by atoms with Crippen molar-refractivity contribution in [2.24, 2.45) is 5.92 Å². The van der Waals surface area contributed by atoms with E-state index >= 15 is 0 Å². The fourth-order valence-electron chi connectivity index (χ4n) is 2.89. The van der Waals surface area contributed by atoms with Crippen LogP contribution in [0.15, 0.2) is 18.3 Å². The van der Waals surface area contributed by atoms with Gasteiger partial charge in [0.2, 0.25) is 0 Å². The van der Waals surface area contributed by atoms with Crippen molar-refractivity contribution in [3.8, 4) is 0 Å². The van der Waals surface area contributed by atoms with E-state index in [1.54, 1.807) is 0 Å². The quantitative estimate of drug-likeness (QED) is 0.860. The van der Waals surface area contributed by atoms with Gasteiger partial charge in [-0.3, -0.25) is 0 Å². The van der Waals surface area contributed by atoms with Crippen LogP contribution in [0.25, 0.3) is 0 Å². The zero-order chi connectivity index (χ0) is 11.5. The SMILES string of the molecule is c1cc(N2CCCC2)ncc1CC1CCNC1. The minimum atomic E-state index is 0.814. The average Bonchev–Trinajstić information content (AvgIpc) is 3.01. The van der Waals surface area contributed by atoms with Gasteiger partial charge in [0, 0.05) is 19.3 Å². The Morgan fingerprint density at radius 3 is 2.82 bits per heavy atom. The molecule has 0 radical (unpaired) electrons. The van der Waals surface area contributed by atoms with Crippen molar-refractivity contribution in [1.29, 1.82) is 0 Å². The Morgan fingerprint density at radius 1 is 1.29 bits per heavy atom. The smallest absolute Gasteiger partial charge is 0.128 e. The molecule has 1 N–H and O–H groups in total. The first kappa shape index (κ1) is 11.0. The fourth-order valence-corrected chi connectivity index (χ4v) is 2.89. The van der Waals surface area contributed by atoms with E-state index in [-0.39, 0.29) is 0 Å². The molecule has 2 aliphatic heterocycles. The van der Waals surface area contributed by atoms with Gasteiger partial charge in [-0.1, -0.05) is 6.07 Å². The van der Waals surface area contributed by atoms with E-state index in [4.69, 9.17) is 0 Å². The molecule has 1 unspecified atom stereocenters. The van der Waals surface area contributed by atoms with E-state index in [1.165, 1.54) is 57.4 Å². The van der Waals surface area contributed by atoms with Gasteiger partial charge in [-0.2, -0.15) is 0 Å². The van der Waals surface area contributed by atoms with Crippen LogP contribution in [-0.2, 0) is 6.42 Å². The van der Waals surface area contributed by atoms with Crippen LogP contribution in [0.5, 0.6) is 0 Å². The predicted octanol–water partition coefficient (Wildman–Crippen LogP) is 1.83. The Hall–Kier alpha value is -1.09. The zero-order valence-corrected chi connectivity index (χ0v) is 10.4. The summed E-state index contributed by atoms with van der Waals surface area (Å²) in [6.45, 7) is 4.72. The monoisotopic (exact) mass is 231 g/mol. The Balaban J connectivity index is 1.62. The first-order valence-electron chi connectivity index (χ1n) is 6.82. The third-order valence-corrected chi connectivity index (χ3v) is 3.93. The summed E-state index contributed by atoms with van der Waals surface area (Å²) >= 11 is 0. The van der Waals surface area contributed by atoms with E-state index in [0.29, 0.717) is 0 Å². The summed E-state index contributed by atoms with van der Waals surface area (Å²) in [4.78, 5) is 7.00. The maximum absolute atomic E-state index is 4.61. The van der Waals surface area contributed by atoms with Gasteiger partial charge >= 0.3 is 0 Å². The molecule has 0 saturated carbocycles. The Bertz CT molecular complexity index is 348. The predicted molar refractivity (Wildman–Crippen MR) is 70.4 cm³/mol. The number of anilines is 1. The van der Waals surface area contributed by atoms with E-state index in [2.05, 4.69) is 33.5 Å². The Kier molecular flexibility index (Phi) is 3.27. The number of nitrogens with zero attached hydrogens (tertiary/aromatic N) is 2. The number of hydrogen-bond donors (Lipinski definition) is 1. The second kappa shape index (κ2) is 5.05. The average molecular weight is 231 g/mol. The van der Waals surface area contributed by atoms with Crippen LogP contribution in [0.1, 0.15) is 24.8 Å². The number of rotatable bonds is 3. The maximum Gasteiger partial charge on any atom is 0.128 e. The van der Waals surface area contributed by atoms with Crippen molar-refractivity contribution in [2.45, 2.75) is 25.7 Å². The standard InChI is InChI=1S/C14H21N3/c1-2-8-17(7-1)14-4-3-12(11-16-14)9-13-5-6-15-10-13/h3-4,11,13,15H,1-2,5-10H2. The molecule has 1 aromatic rings. The molecule has 2 saturated heterocycles. The van der Waals surface area contributed by atoms with Gasteiger partial charge in [0.05, 0.1) is 0 Å². The van der Waals surface area contributed by atoms with Gasteiger partial charge in [0.15, 0.2) is 0 Å². The van der Waals surface area contributed by atoms with Crippen molar-refractivity contribution in [2.75, 3.05) is 31.1 Å². The molecule has 0 spiro atoms. The van der Waals surface area contributed by atoms with E-state index in [0.717, 1.165) is 11.7 Å². The Labute approximate surface area is 103 Å². The lowest BCUT2D eigenvalue weighted by Crippen LogP contribution is -2.19. The van der Waals surface area contributed by atoms with Crippen LogP contribution in [-0.4, -0.2) is 31.2 Å². The first-order chi connectivity index (χ1) is 8.42. The van der Waals surface area contributed by atoms with Crippen LogP contribution < -0.4 is 10.2 Å². The zero-order valence-electron chi connectivity index (χ0n) is 10.4. The molecule has 92 valence electrons. The number of aromatic nitrogens is 1. The van der Waals surface area contributed by atoms with Crippen molar-refractivity contribution >= 4 is 5.82 Å². The fraction of sp³-hybridized carbons (Fsp3) is 0.643. The molecule has 1 aromatic heterocycles. The second-order valence-corrected chi connectivity index (χ2v) is 5.28. The van der Waals surface area contributed by atoms with Gasteiger partial charge in [-0.05, 0) is 56.3 Å². The summed E-state index contributed by atoms with van der Waals surface area (Å²) in [6.07, 6.45) is 7.20. The van der Waals surface area contributed by atoms with Gasteiger partial charge in [0.25, 0.3) is 0 Å². The molecule has 3 rings (SSSR count). The second-order valence-electron chi connectivity index (χ2n) is 5.28. The molecule has 3 heteroatoms. The number of hydrogen-bond acceptors (Lipinski definition) is 3. The molecule has 2 fully saturated rings. The third kappa shape index (κ3) is 2.60. The van der Waals surface area contributed by atoms with Crippen molar-refractivity contribution in [1.82, 2.24) is 10.3 Å². The largest absolute Gasteiger partial charge is 0.357 e. The van der Waals surface area contributed by atoms with Crippen molar-refractivity contribution < 1.29 is 0 Å². The van der Waals surface area contributed by atoms with Crippen molar-refractivity contribution in [3.63, 3.8) is 0 Å². The van der Waals surface area contributed by atoms with E-state index in [9.17, 15) is 0 Å². The summed E-state index contributed by atoms with van der Waals surface area (Å²) < 4.78 is 0. The van der Waals surface area contributed by atoms with Crippen LogP contribution in [0, 0.1) is 5.92 Å². The molecule has 0 aliphatic carbocycles. The molecule has 3 nitrogen and oxygen atoms in total. The number of nitrogens with one attached hydrogen (secondary N) is 1. The number of pyridine rings is 1. The summed E-state index contributed by atoms with van der Waals surface area (Å²) in [6, 6.07) is 4.46. The Morgan fingerprint density at radius 2 is 2.18 bits per heavy atom. The highest BCUT2D eigenvalue weighted by Crippen LogP contribution is 2.19. The molecule has 0 bridgehead atoms. The van der Waals surface area contributed by atoms with Crippen LogP contribution in [0.4, 0.5) is 5.82 Å². The first-order valence-corrected chi connectivity index (χ1v) is 6.82. The van der Waals surface area contributed by atoms with E-state index in [1.807, 2.05) is 0 Å². The summed E-state index contributed by atoms with van der Waals surface area (Å²) in [5.74, 6) is 1.98. The molecule has 3 heterocycles. The molecule has 17 heavy (non-hydrogen) atoms. The molecule has 0 amide bonds. The van der Waals surface area contributed by atoms with Gasteiger partial charge in [-0.25, -0.2) is 4.98 Å². The molecular formula is C14H21N3. The molecule has 2 aliphatic rings. The summed E-state index contributed by atoms with van der Waals surface area (Å²) in [5.41, 5.74) is 1.39. The van der Waals surface area contributed by atoms with E-state index < -0.39 is 0 Å². The minimum Gasteiger partial charge on any atom is -0.357 e. The normalized spacial score (nSPS) is 24.5. The summed E-state index contributed by atoms with van der Waals surface area (Å²) in [5, 5.41) is 3.42. The lowest BCUT2D eigenvalue weighted by Gasteiger charge is -2.16. The molecule has 1 atom stereocenters. The van der Waals surface area contributed by atoms with Crippen molar-refractivity contribution in [3.05, 3.63) is 23.9 Å². The minimum absolute atomic E-state index is 0.814. The van der Waals surface area contributed by atoms with Crippen LogP contribution >= 0.6 is 0 Å². The van der Waals surface area contributed by atoms with Crippen LogP contribution in [0.2, 0.25) is 0 Å². The lowest BCUT2D eigenvalue weighted by molar-refractivity contribution is 0.579. The highest BCUT2D eigenvalue weighted by Gasteiger charge is 2.16. The van der Waals surface area contributed by atoms with Gasteiger partial charge in [0.1, 0.15) is 5.82 Å². The van der Waals surface area contributed by atoms with Gasteiger partial charge in [-0.15, -0.1) is 0 Å². The highest BCUT2D eigenvalue weighted by molar-refractivity contribution is 5.40. The lowest BCUT2D eigenvalue weighted by atomic mass is 10.00. The van der Waals surface area contributed by atoms with Crippen LogP contribution in [0.3, 0.4) is 0 Å². The third-order valence-electron chi connectivity index (χ3n) is 3.93. The topological polar surface area (TPSA) is 28.2 Å². The van der Waals surface area contributed by atoms with Gasteiger partial charge < -0.3 is 10.2 Å². The highest BCUT2D eigenvalue weighted by atomic mass is 15.2. The maximum atomic E-state index is 4.61. The summed E-state index contributed by atoms with van der Waals surface area (Å²) in [7, 11) is 0. The molecule has 0 aromatic carbocycles. The molecular weight excluding hydrogens is 210 g/mol.